The van der Waals surface area contributed by atoms with Gasteiger partial charge in [-0.2, -0.15) is 0 Å². The summed E-state index contributed by atoms with van der Waals surface area (Å²) in [5, 5.41) is 11.8. The van der Waals surface area contributed by atoms with E-state index in [1.54, 1.807) is 27.4 Å². The normalized spacial score (nSPS) is 10.8. The van der Waals surface area contributed by atoms with Gasteiger partial charge < -0.3 is 19.3 Å². The zero-order valence-electron chi connectivity index (χ0n) is 16.8. The number of fused-ring (bicyclic) bond motifs is 1. The summed E-state index contributed by atoms with van der Waals surface area (Å²) in [6, 6.07) is 19.6. The molecule has 0 fully saturated rings. The highest BCUT2D eigenvalue weighted by Gasteiger charge is 2.20. The first-order valence-corrected chi connectivity index (χ1v) is 10.0. The molecule has 0 radical (unpaired) electrons. The molecule has 3 aromatic carbocycles. The number of thiophene rings is 1. The number of methoxy groups -OCH3 is 3. The number of rotatable bonds is 6. The number of hydrogen-bond acceptors (Lipinski definition) is 5. The highest BCUT2D eigenvalue weighted by Crippen LogP contribution is 2.46. The molecule has 30 heavy (non-hydrogen) atoms. The predicted molar refractivity (Wildman–Crippen MR) is 119 cm³/mol. The smallest absolute Gasteiger partial charge is 0.345 e. The van der Waals surface area contributed by atoms with E-state index in [9.17, 15) is 9.90 Å². The third-order valence-electron chi connectivity index (χ3n) is 4.93. The van der Waals surface area contributed by atoms with Crippen LogP contribution in [0.4, 0.5) is 0 Å². The van der Waals surface area contributed by atoms with Crippen LogP contribution in [0.25, 0.3) is 32.3 Å². The molecule has 1 heterocycles. The molecule has 0 atom stereocenters. The fourth-order valence-corrected chi connectivity index (χ4v) is 4.51. The second-order valence-electron chi connectivity index (χ2n) is 6.63. The predicted octanol–water partition coefficient (Wildman–Crippen LogP) is 5.96. The monoisotopic (exact) mass is 420 g/mol. The van der Waals surface area contributed by atoms with Crippen molar-refractivity contribution < 1.29 is 24.1 Å². The van der Waals surface area contributed by atoms with Gasteiger partial charge in [-0.3, -0.25) is 0 Å². The largest absolute Gasteiger partial charge is 0.493 e. The van der Waals surface area contributed by atoms with Gasteiger partial charge in [-0.25, -0.2) is 4.79 Å². The molecular weight excluding hydrogens is 400 g/mol. The van der Waals surface area contributed by atoms with Gasteiger partial charge >= 0.3 is 5.97 Å². The molecule has 0 unspecified atom stereocenters. The molecule has 4 aromatic rings. The fraction of sp³-hybridized carbons (Fsp3) is 0.125. The number of carboxylic acids is 1. The van der Waals surface area contributed by atoms with E-state index in [0.29, 0.717) is 17.2 Å². The molecule has 152 valence electrons. The Morgan fingerprint density at radius 3 is 2.07 bits per heavy atom. The summed E-state index contributed by atoms with van der Waals surface area (Å²) in [5.41, 5.74) is 2.54. The van der Waals surface area contributed by atoms with E-state index < -0.39 is 5.97 Å². The molecule has 0 saturated heterocycles. The zero-order valence-corrected chi connectivity index (χ0v) is 17.6. The van der Waals surface area contributed by atoms with Crippen LogP contribution in [0, 0.1) is 0 Å². The minimum Gasteiger partial charge on any atom is -0.493 e. The maximum absolute atomic E-state index is 11.7. The van der Waals surface area contributed by atoms with E-state index in [2.05, 4.69) is 12.1 Å². The molecule has 0 spiro atoms. The topological polar surface area (TPSA) is 65.0 Å². The molecule has 0 amide bonds. The number of hydrogen-bond donors (Lipinski definition) is 1. The molecule has 0 aliphatic rings. The standard InChI is InChI=1S/C24H20O5S/c1-27-19-11-17(12-20(28-2)22(19)29-3)18-13-21(24(25)26)30-23(18)16-9-8-14-6-4-5-7-15(14)10-16/h4-13H,1-3H3,(H,25,26). The van der Waals surface area contributed by atoms with E-state index in [1.165, 1.54) is 11.3 Å². The van der Waals surface area contributed by atoms with Crippen molar-refractivity contribution in [2.75, 3.05) is 21.3 Å². The first-order valence-electron chi connectivity index (χ1n) is 9.22. The van der Waals surface area contributed by atoms with Crippen molar-refractivity contribution in [3.63, 3.8) is 0 Å². The fourth-order valence-electron chi connectivity index (χ4n) is 3.49. The third-order valence-corrected chi connectivity index (χ3v) is 6.10. The summed E-state index contributed by atoms with van der Waals surface area (Å²) in [7, 11) is 4.66. The number of carboxylic acid groups (broad SMARTS) is 1. The van der Waals surface area contributed by atoms with Crippen molar-refractivity contribution in [3.8, 4) is 38.8 Å². The Balaban J connectivity index is 1.95. The second-order valence-corrected chi connectivity index (χ2v) is 7.69. The van der Waals surface area contributed by atoms with Crippen LogP contribution in [0.5, 0.6) is 17.2 Å². The van der Waals surface area contributed by atoms with E-state index in [1.807, 2.05) is 42.5 Å². The van der Waals surface area contributed by atoms with Crippen molar-refractivity contribution >= 4 is 28.1 Å². The van der Waals surface area contributed by atoms with Gasteiger partial charge in [0.15, 0.2) is 11.5 Å². The van der Waals surface area contributed by atoms with Gasteiger partial charge in [0.2, 0.25) is 5.75 Å². The van der Waals surface area contributed by atoms with Crippen molar-refractivity contribution in [2.24, 2.45) is 0 Å². The number of aromatic carboxylic acids is 1. The Bertz CT molecular complexity index is 1220. The lowest BCUT2D eigenvalue weighted by molar-refractivity contribution is 0.0702. The first-order chi connectivity index (χ1) is 14.5. The van der Waals surface area contributed by atoms with Crippen LogP contribution >= 0.6 is 11.3 Å². The zero-order chi connectivity index (χ0) is 21.3. The lowest BCUT2D eigenvalue weighted by atomic mass is 9.99. The average Bonchev–Trinajstić information content (AvgIpc) is 3.23. The van der Waals surface area contributed by atoms with E-state index in [0.717, 1.165) is 32.3 Å². The number of benzene rings is 3. The Labute approximate surface area is 178 Å². The van der Waals surface area contributed by atoms with Crippen LogP contribution in [-0.2, 0) is 0 Å². The average molecular weight is 420 g/mol. The summed E-state index contributed by atoms with van der Waals surface area (Å²) in [4.78, 5) is 12.9. The molecule has 0 aliphatic heterocycles. The molecule has 1 aromatic heterocycles. The van der Waals surface area contributed by atoms with E-state index in [4.69, 9.17) is 14.2 Å². The van der Waals surface area contributed by atoms with E-state index >= 15 is 0 Å². The quantitative estimate of drug-likeness (QED) is 0.417. The Morgan fingerprint density at radius 2 is 1.47 bits per heavy atom. The van der Waals surface area contributed by atoms with Gasteiger partial charge in [-0.1, -0.05) is 36.4 Å². The molecule has 1 N–H and O–H groups in total. The maximum atomic E-state index is 11.7. The summed E-state index contributed by atoms with van der Waals surface area (Å²) < 4.78 is 16.4. The first kappa shape index (κ1) is 19.8. The van der Waals surface area contributed by atoms with Gasteiger partial charge in [0.1, 0.15) is 4.88 Å². The van der Waals surface area contributed by atoms with Gasteiger partial charge in [-0.05, 0) is 46.2 Å². The molecule has 0 aliphatic carbocycles. The molecule has 0 saturated carbocycles. The Kier molecular flexibility index (Phi) is 5.33. The summed E-state index contributed by atoms with van der Waals surface area (Å²) in [6.07, 6.45) is 0. The molecule has 5 nitrogen and oxygen atoms in total. The summed E-state index contributed by atoms with van der Waals surface area (Å²) in [6.45, 7) is 0. The summed E-state index contributed by atoms with van der Waals surface area (Å²) >= 11 is 1.25. The van der Waals surface area contributed by atoms with Crippen LogP contribution in [0.3, 0.4) is 0 Å². The highest BCUT2D eigenvalue weighted by molar-refractivity contribution is 7.18. The van der Waals surface area contributed by atoms with Crippen LogP contribution < -0.4 is 14.2 Å². The van der Waals surface area contributed by atoms with Crippen LogP contribution in [0.1, 0.15) is 9.67 Å². The maximum Gasteiger partial charge on any atom is 0.345 e. The van der Waals surface area contributed by atoms with Gasteiger partial charge in [0.05, 0.1) is 21.3 Å². The van der Waals surface area contributed by atoms with Gasteiger partial charge in [0, 0.05) is 10.4 Å². The van der Waals surface area contributed by atoms with Gasteiger partial charge in [0.25, 0.3) is 0 Å². The molecule has 0 bridgehead atoms. The molecular formula is C24H20O5S. The lowest BCUT2D eigenvalue weighted by Gasteiger charge is -2.14. The van der Waals surface area contributed by atoms with Crippen molar-refractivity contribution in [1.82, 2.24) is 0 Å². The second kappa shape index (κ2) is 8.08. The molecule has 6 heteroatoms. The third kappa shape index (κ3) is 3.46. The van der Waals surface area contributed by atoms with Gasteiger partial charge in [-0.15, -0.1) is 11.3 Å². The summed E-state index contributed by atoms with van der Waals surface area (Å²) in [5.74, 6) is 0.559. The molecule has 4 rings (SSSR count). The van der Waals surface area contributed by atoms with Crippen molar-refractivity contribution in [2.45, 2.75) is 0 Å². The lowest BCUT2D eigenvalue weighted by Crippen LogP contribution is -1.96. The Hall–Kier alpha value is -3.51. The van der Waals surface area contributed by atoms with Crippen molar-refractivity contribution in [1.29, 1.82) is 0 Å². The SMILES string of the molecule is COc1cc(-c2cc(C(=O)O)sc2-c2ccc3ccccc3c2)cc(OC)c1OC. The number of ether oxygens (including phenoxy) is 3. The highest BCUT2D eigenvalue weighted by atomic mass is 32.1. The Morgan fingerprint density at radius 1 is 0.800 bits per heavy atom. The number of carbonyl (C=O) groups is 1. The van der Waals surface area contributed by atoms with Crippen molar-refractivity contribution in [3.05, 3.63) is 65.5 Å². The minimum atomic E-state index is -0.958. The van der Waals surface area contributed by atoms with Crippen LogP contribution in [0.15, 0.2) is 60.7 Å². The minimum absolute atomic E-state index is 0.266. The van der Waals surface area contributed by atoms with Crippen LogP contribution in [0.2, 0.25) is 0 Å². The van der Waals surface area contributed by atoms with E-state index in [-0.39, 0.29) is 4.88 Å². The van der Waals surface area contributed by atoms with Crippen LogP contribution in [-0.4, -0.2) is 32.4 Å².